The Bertz CT molecular complexity index is 1260. The SMILES string of the molecule is Cc1cc(C)c(C(C=Cc2ccc(Br)cc2)=[NH+]Nc2ccc([N+](=O)[O-])cc2[N+](=O)[O-])c(C)c1. The van der Waals surface area contributed by atoms with Crippen LogP contribution < -0.4 is 10.5 Å². The molecule has 0 saturated heterocycles. The number of rotatable bonds is 7. The molecule has 0 amide bonds. The number of hydrazone groups is 1. The monoisotopic (exact) mass is 509 g/mol. The molecule has 0 spiro atoms. The highest BCUT2D eigenvalue weighted by atomic mass is 79.9. The third kappa shape index (κ3) is 5.89. The molecule has 0 unspecified atom stereocenters. The van der Waals surface area contributed by atoms with E-state index in [4.69, 9.17) is 0 Å². The van der Waals surface area contributed by atoms with Crippen molar-refractivity contribution in [1.82, 2.24) is 0 Å². The van der Waals surface area contributed by atoms with E-state index in [0.29, 0.717) is 5.71 Å². The standard InChI is InChI=1S/C24H21BrN4O4/c1-15-12-16(2)24(17(3)13-15)22(10-6-18-4-7-19(25)8-5-18)27-26-21-11-9-20(28(30)31)14-23(21)29(32)33/h4-14,26H,1-3H3/p+1. The number of anilines is 1. The summed E-state index contributed by atoms with van der Waals surface area (Å²) in [5, 5.41) is 25.6. The molecule has 0 radical (unpaired) electrons. The fourth-order valence-electron chi connectivity index (χ4n) is 3.57. The lowest BCUT2D eigenvalue weighted by molar-refractivity contribution is -0.421. The molecule has 8 nitrogen and oxygen atoms in total. The lowest BCUT2D eigenvalue weighted by atomic mass is 9.95. The molecule has 9 heteroatoms. The Morgan fingerprint density at radius 1 is 0.939 bits per heavy atom. The van der Waals surface area contributed by atoms with E-state index >= 15 is 0 Å². The maximum absolute atomic E-state index is 11.5. The van der Waals surface area contributed by atoms with Crippen molar-refractivity contribution in [2.45, 2.75) is 20.8 Å². The predicted octanol–water partition coefficient (Wildman–Crippen LogP) is 4.80. The largest absolute Gasteiger partial charge is 0.304 e. The van der Waals surface area contributed by atoms with E-state index in [0.717, 1.165) is 38.4 Å². The van der Waals surface area contributed by atoms with E-state index in [9.17, 15) is 20.2 Å². The predicted molar refractivity (Wildman–Crippen MR) is 132 cm³/mol. The van der Waals surface area contributed by atoms with Crippen LogP contribution in [0.25, 0.3) is 6.08 Å². The van der Waals surface area contributed by atoms with Gasteiger partial charge in [-0.25, -0.2) is 0 Å². The highest BCUT2D eigenvalue weighted by Gasteiger charge is 2.21. The van der Waals surface area contributed by atoms with Gasteiger partial charge in [0.15, 0.2) is 5.69 Å². The maximum atomic E-state index is 11.5. The molecule has 0 fully saturated rings. The Morgan fingerprint density at radius 3 is 2.15 bits per heavy atom. The summed E-state index contributed by atoms with van der Waals surface area (Å²) in [6, 6.07) is 15.4. The summed E-state index contributed by atoms with van der Waals surface area (Å²) in [6.45, 7) is 6.02. The van der Waals surface area contributed by atoms with E-state index in [1.807, 2.05) is 57.2 Å². The van der Waals surface area contributed by atoms with E-state index < -0.39 is 15.5 Å². The molecule has 2 N–H and O–H groups in total. The van der Waals surface area contributed by atoms with Crippen LogP contribution >= 0.6 is 15.9 Å². The number of nitro benzene ring substituents is 2. The number of halogens is 1. The quantitative estimate of drug-likeness (QED) is 0.269. The molecule has 0 atom stereocenters. The molecule has 0 heterocycles. The summed E-state index contributed by atoms with van der Waals surface area (Å²) in [4.78, 5) is 21.2. The zero-order valence-corrected chi connectivity index (χ0v) is 19.8. The number of nitrogens with zero attached hydrogens (tertiary/aromatic N) is 2. The van der Waals surface area contributed by atoms with Crippen LogP contribution in [-0.4, -0.2) is 15.6 Å². The van der Waals surface area contributed by atoms with Crippen molar-refractivity contribution in [3.63, 3.8) is 0 Å². The second-order valence-corrected chi connectivity index (χ2v) is 8.45. The number of hydrogen-bond donors (Lipinski definition) is 2. The number of aryl methyl sites for hydroxylation is 3. The van der Waals surface area contributed by atoms with Crippen LogP contribution in [-0.2, 0) is 0 Å². The summed E-state index contributed by atoms with van der Waals surface area (Å²) < 4.78 is 0.972. The zero-order chi connectivity index (χ0) is 24.1. The summed E-state index contributed by atoms with van der Waals surface area (Å²) in [7, 11) is 0. The van der Waals surface area contributed by atoms with Crippen LogP contribution in [0.5, 0.6) is 0 Å². The highest BCUT2D eigenvalue weighted by molar-refractivity contribution is 9.10. The number of benzene rings is 3. The third-order valence-corrected chi connectivity index (χ3v) is 5.51. The first-order chi connectivity index (χ1) is 15.7. The summed E-state index contributed by atoms with van der Waals surface area (Å²) in [6.07, 6.45) is 3.82. The molecule has 0 aliphatic heterocycles. The van der Waals surface area contributed by atoms with Crippen LogP contribution in [0.4, 0.5) is 17.1 Å². The van der Waals surface area contributed by atoms with Crippen LogP contribution in [0, 0.1) is 41.0 Å². The topological polar surface area (TPSA) is 112 Å². The van der Waals surface area contributed by atoms with Gasteiger partial charge in [0.1, 0.15) is 0 Å². The van der Waals surface area contributed by atoms with Crippen molar-refractivity contribution in [3.05, 3.63) is 113 Å². The van der Waals surface area contributed by atoms with E-state index in [-0.39, 0.29) is 11.4 Å². The van der Waals surface area contributed by atoms with Crippen LogP contribution in [0.1, 0.15) is 27.8 Å². The maximum Gasteiger partial charge on any atom is 0.304 e. The smallest absolute Gasteiger partial charge is 0.258 e. The Hall–Kier alpha value is -3.85. The Balaban J connectivity index is 2.07. The minimum Gasteiger partial charge on any atom is -0.258 e. The second-order valence-electron chi connectivity index (χ2n) is 7.54. The first-order valence-electron chi connectivity index (χ1n) is 9.99. The van der Waals surface area contributed by atoms with Gasteiger partial charge in [-0.15, -0.1) is 5.10 Å². The average Bonchev–Trinajstić information content (AvgIpc) is 2.75. The summed E-state index contributed by atoms with van der Waals surface area (Å²) in [5.74, 6) is 0. The van der Waals surface area contributed by atoms with Gasteiger partial charge in [-0.05, 0) is 61.7 Å². The fraction of sp³-hybridized carbons (Fsp3) is 0.125. The van der Waals surface area contributed by atoms with Crippen molar-refractivity contribution in [2.24, 2.45) is 0 Å². The van der Waals surface area contributed by atoms with Gasteiger partial charge in [-0.2, -0.15) is 5.43 Å². The molecule has 3 aromatic rings. The van der Waals surface area contributed by atoms with Crippen molar-refractivity contribution in [1.29, 1.82) is 0 Å². The molecule has 168 valence electrons. The molecule has 3 aromatic carbocycles. The van der Waals surface area contributed by atoms with Gasteiger partial charge in [-0.1, -0.05) is 45.8 Å². The molecule has 0 bridgehead atoms. The summed E-state index contributed by atoms with van der Waals surface area (Å²) >= 11 is 3.42. The molecule has 33 heavy (non-hydrogen) atoms. The summed E-state index contributed by atoms with van der Waals surface area (Å²) in [5.41, 5.74) is 8.05. The minimum atomic E-state index is -0.665. The number of nitrogens with one attached hydrogen (secondary N) is 2. The van der Waals surface area contributed by atoms with Gasteiger partial charge >= 0.3 is 5.69 Å². The number of non-ortho nitro benzene ring substituents is 1. The van der Waals surface area contributed by atoms with Crippen molar-refractivity contribution in [3.8, 4) is 0 Å². The molecular formula is C24H22BrN4O4+. The fourth-order valence-corrected chi connectivity index (χ4v) is 3.84. The molecule has 0 aliphatic carbocycles. The molecule has 0 aromatic heterocycles. The van der Waals surface area contributed by atoms with Crippen molar-refractivity contribution in [2.75, 3.05) is 5.43 Å². The van der Waals surface area contributed by atoms with Crippen molar-refractivity contribution >= 4 is 44.8 Å². The van der Waals surface area contributed by atoms with E-state index in [1.54, 1.807) is 0 Å². The van der Waals surface area contributed by atoms with Gasteiger partial charge in [0.25, 0.3) is 5.69 Å². The number of hydrogen-bond acceptors (Lipinski definition) is 5. The number of nitro groups is 2. The van der Waals surface area contributed by atoms with Crippen LogP contribution in [0.15, 0.2) is 65.1 Å². The minimum absolute atomic E-state index is 0.113. The Morgan fingerprint density at radius 2 is 1.58 bits per heavy atom. The van der Waals surface area contributed by atoms with E-state index in [2.05, 4.69) is 38.6 Å². The van der Waals surface area contributed by atoms with Gasteiger partial charge in [0, 0.05) is 16.6 Å². The second kappa shape index (κ2) is 10.2. The highest BCUT2D eigenvalue weighted by Crippen LogP contribution is 2.27. The van der Waals surface area contributed by atoms with Gasteiger partial charge < -0.3 is 0 Å². The lowest BCUT2D eigenvalue weighted by Crippen LogP contribution is -2.77. The average molecular weight is 510 g/mol. The number of hydrazine groups is 1. The van der Waals surface area contributed by atoms with Crippen LogP contribution in [0.3, 0.4) is 0 Å². The molecular weight excluding hydrogens is 488 g/mol. The third-order valence-electron chi connectivity index (χ3n) is 4.98. The number of allylic oxidation sites excluding steroid dienone is 1. The lowest BCUT2D eigenvalue weighted by Gasteiger charge is -2.08. The normalized spacial score (nSPS) is 11.6. The Kier molecular flexibility index (Phi) is 7.34. The molecule has 0 aliphatic rings. The van der Waals surface area contributed by atoms with Gasteiger partial charge in [0.05, 0.1) is 21.5 Å². The van der Waals surface area contributed by atoms with Crippen LogP contribution in [0.2, 0.25) is 0 Å². The molecule has 3 rings (SSSR count). The first kappa shape index (κ1) is 23.8. The molecule has 0 saturated carbocycles. The first-order valence-corrected chi connectivity index (χ1v) is 10.8. The Labute approximate surface area is 199 Å². The van der Waals surface area contributed by atoms with Crippen molar-refractivity contribution < 1.29 is 14.9 Å². The van der Waals surface area contributed by atoms with E-state index in [1.165, 1.54) is 12.1 Å². The van der Waals surface area contributed by atoms with Gasteiger partial charge in [0.2, 0.25) is 5.71 Å². The van der Waals surface area contributed by atoms with Gasteiger partial charge in [-0.3, -0.25) is 20.2 Å². The zero-order valence-electron chi connectivity index (χ0n) is 18.3.